The summed E-state index contributed by atoms with van der Waals surface area (Å²) in [6.07, 6.45) is 5.46. The lowest BCUT2D eigenvalue weighted by atomic mass is 10.0. The zero-order valence-corrected chi connectivity index (χ0v) is 24.6. The van der Waals surface area contributed by atoms with Crippen molar-refractivity contribution in [3.05, 3.63) is 35.6 Å². The Bertz CT molecular complexity index is 1070. The summed E-state index contributed by atoms with van der Waals surface area (Å²) in [4.78, 5) is 60.5. The highest BCUT2D eigenvalue weighted by molar-refractivity contribution is 8.00. The highest BCUT2D eigenvalue weighted by Gasteiger charge is 2.42. The quantitative estimate of drug-likeness (QED) is 0.107. The first-order valence-electron chi connectivity index (χ1n) is 14.4. The third kappa shape index (κ3) is 10.6. The molecular weight excluding hydrogens is 549 g/mol. The Labute approximate surface area is 245 Å². The standard InChI is InChI=1S/C29H42FN5O5S/c1-18(2)26(34-25(38)15-19-8-7-9-20(30)14-19)28(39)32-21(16-36)10-5-6-13-31-24(37)12-4-3-11-23-27-22(17-41-23)33-29(40)35-27/h7-9,14,16,18,21-23,26-27H,3-6,10-13,15,17H2,1-2H3,(H,31,37)(H,32,39)(H,34,38)(H2,33,35,40)/t21-,22-,23-,26-,27-/m0/s1. The van der Waals surface area contributed by atoms with Crippen molar-refractivity contribution in [1.82, 2.24) is 26.6 Å². The fraction of sp³-hybridized carbons (Fsp3) is 0.621. The van der Waals surface area contributed by atoms with Crippen LogP contribution in [0.2, 0.25) is 0 Å². The predicted molar refractivity (Wildman–Crippen MR) is 156 cm³/mol. The molecule has 41 heavy (non-hydrogen) atoms. The van der Waals surface area contributed by atoms with Gasteiger partial charge in [0, 0.05) is 24.0 Å². The van der Waals surface area contributed by atoms with E-state index in [-0.39, 0.29) is 36.4 Å². The molecule has 3 rings (SSSR count). The van der Waals surface area contributed by atoms with Crippen LogP contribution in [0, 0.1) is 11.7 Å². The van der Waals surface area contributed by atoms with Crippen molar-refractivity contribution in [3.63, 3.8) is 0 Å². The van der Waals surface area contributed by atoms with Gasteiger partial charge in [-0.05, 0) is 55.7 Å². The molecule has 0 radical (unpaired) electrons. The molecule has 2 saturated heterocycles. The molecule has 0 bridgehead atoms. The summed E-state index contributed by atoms with van der Waals surface area (Å²) >= 11 is 1.87. The topological polar surface area (TPSA) is 146 Å². The number of hydrogen-bond donors (Lipinski definition) is 5. The highest BCUT2D eigenvalue weighted by atomic mass is 32.2. The molecule has 1 aromatic rings. The summed E-state index contributed by atoms with van der Waals surface area (Å²) in [5.74, 6) is -0.593. The van der Waals surface area contributed by atoms with Gasteiger partial charge in [-0.2, -0.15) is 11.8 Å². The van der Waals surface area contributed by atoms with E-state index in [4.69, 9.17) is 0 Å². The van der Waals surface area contributed by atoms with Crippen molar-refractivity contribution >= 4 is 41.8 Å². The third-order valence-corrected chi connectivity index (χ3v) is 8.86. The second kappa shape index (κ2) is 16.3. The van der Waals surface area contributed by atoms with Crippen molar-refractivity contribution in [3.8, 4) is 0 Å². The minimum absolute atomic E-state index is 0.00761. The lowest BCUT2D eigenvalue weighted by Crippen LogP contribution is -2.52. The second-order valence-electron chi connectivity index (χ2n) is 11.1. The minimum atomic E-state index is -0.833. The van der Waals surface area contributed by atoms with Crippen LogP contribution in [0.4, 0.5) is 9.18 Å². The number of amides is 5. The van der Waals surface area contributed by atoms with E-state index >= 15 is 0 Å². The number of benzene rings is 1. The van der Waals surface area contributed by atoms with Gasteiger partial charge in [0.25, 0.3) is 0 Å². The number of thioether (sulfide) groups is 1. The van der Waals surface area contributed by atoms with E-state index in [1.54, 1.807) is 19.9 Å². The van der Waals surface area contributed by atoms with Crippen LogP contribution in [0.5, 0.6) is 0 Å². The number of urea groups is 1. The summed E-state index contributed by atoms with van der Waals surface area (Å²) in [5.41, 5.74) is 0.502. The van der Waals surface area contributed by atoms with Crippen LogP contribution in [0.15, 0.2) is 24.3 Å². The summed E-state index contributed by atoms with van der Waals surface area (Å²) < 4.78 is 13.4. The smallest absolute Gasteiger partial charge is 0.315 e. The number of halogens is 1. The normalized spacial score (nSPS) is 20.9. The van der Waals surface area contributed by atoms with Gasteiger partial charge in [0.1, 0.15) is 18.1 Å². The molecule has 0 saturated carbocycles. The number of aldehydes is 1. The third-order valence-electron chi connectivity index (χ3n) is 7.36. The molecule has 5 N–H and O–H groups in total. The Morgan fingerprint density at radius 1 is 1.10 bits per heavy atom. The first kappa shape index (κ1) is 32.4. The van der Waals surface area contributed by atoms with Crippen molar-refractivity contribution in [2.75, 3.05) is 12.3 Å². The molecular formula is C29H42FN5O5S. The number of unbranched alkanes of at least 4 members (excludes halogenated alkanes) is 2. The zero-order chi connectivity index (χ0) is 29.8. The van der Waals surface area contributed by atoms with Gasteiger partial charge in [0.15, 0.2) is 0 Å². The van der Waals surface area contributed by atoms with Gasteiger partial charge in [-0.3, -0.25) is 14.4 Å². The van der Waals surface area contributed by atoms with Gasteiger partial charge in [-0.15, -0.1) is 0 Å². The van der Waals surface area contributed by atoms with Crippen LogP contribution >= 0.6 is 11.8 Å². The summed E-state index contributed by atoms with van der Waals surface area (Å²) in [7, 11) is 0. The maximum absolute atomic E-state index is 13.4. The molecule has 5 atom stereocenters. The maximum atomic E-state index is 13.4. The van der Waals surface area contributed by atoms with Crippen molar-refractivity contribution in [2.45, 2.75) is 94.6 Å². The number of carbonyl (C=O) groups excluding carboxylic acids is 5. The second-order valence-corrected chi connectivity index (χ2v) is 12.3. The number of hydrogen-bond acceptors (Lipinski definition) is 6. The van der Waals surface area contributed by atoms with Crippen LogP contribution < -0.4 is 26.6 Å². The SMILES string of the molecule is CC(C)[C@H](NC(=O)Cc1cccc(F)c1)C(=O)N[C@H](C=O)CCCCNC(=O)CCCC[C@@H]1SC[C@@H]2NC(=O)N[C@@H]21. The number of carbonyl (C=O) groups is 5. The first-order chi connectivity index (χ1) is 19.7. The van der Waals surface area contributed by atoms with Crippen molar-refractivity contribution in [1.29, 1.82) is 0 Å². The molecule has 0 aliphatic carbocycles. The molecule has 5 amide bonds. The van der Waals surface area contributed by atoms with Gasteiger partial charge in [0.05, 0.1) is 24.5 Å². The molecule has 0 spiro atoms. The van der Waals surface area contributed by atoms with Gasteiger partial charge < -0.3 is 31.4 Å². The van der Waals surface area contributed by atoms with E-state index in [1.165, 1.54) is 18.2 Å². The van der Waals surface area contributed by atoms with E-state index in [2.05, 4.69) is 26.6 Å². The lowest BCUT2D eigenvalue weighted by molar-refractivity contribution is -0.131. The van der Waals surface area contributed by atoms with Crippen LogP contribution in [-0.4, -0.2) is 71.8 Å². The predicted octanol–water partition coefficient (Wildman–Crippen LogP) is 2.21. The fourth-order valence-electron chi connectivity index (χ4n) is 5.12. The zero-order valence-electron chi connectivity index (χ0n) is 23.7. The Morgan fingerprint density at radius 3 is 2.63 bits per heavy atom. The van der Waals surface area contributed by atoms with Gasteiger partial charge >= 0.3 is 6.03 Å². The monoisotopic (exact) mass is 591 g/mol. The molecule has 2 aliphatic rings. The van der Waals surface area contributed by atoms with E-state index in [0.29, 0.717) is 49.3 Å². The highest BCUT2D eigenvalue weighted by Crippen LogP contribution is 2.33. The Balaban J connectivity index is 1.27. The molecule has 12 heteroatoms. The lowest BCUT2D eigenvalue weighted by Gasteiger charge is -2.23. The fourth-order valence-corrected chi connectivity index (χ4v) is 6.66. The van der Waals surface area contributed by atoms with E-state index < -0.39 is 29.7 Å². The van der Waals surface area contributed by atoms with Crippen molar-refractivity contribution < 1.29 is 28.4 Å². The summed E-state index contributed by atoms with van der Waals surface area (Å²) in [6, 6.07) is 4.50. The van der Waals surface area contributed by atoms with Crippen molar-refractivity contribution in [2.24, 2.45) is 5.92 Å². The van der Waals surface area contributed by atoms with Crippen LogP contribution in [0.25, 0.3) is 0 Å². The molecule has 0 unspecified atom stereocenters. The van der Waals surface area contributed by atoms with Crippen LogP contribution in [0.3, 0.4) is 0 Å². The summed E-state index contributed by atoms with van der Waals surface area (Å²) in [6.45, 7) is 4.07. The van der Waals surface area contributed by atoms with Crippen LogP contribution in [-0.2, 0) is 25.6 Å². The number of nitrogens with one attached hydrogen (secondary N) is 5. The minimum Gasteiger partial charge on any atom is -0.356 e. The Morgan fingerprint density at radius 2 is 1.90 bits per heavy atom. The van der Waals surface area contributed by atoms with E-state index in [9.17, 15) is 28.4 Å². The van der Waals surface area contributed by atoms with Gasteiger partial charge in [-0.1, -0.05) is 32.4 Å². The van der Waals surface area contributed by atoms with Crippen LogP contribution in [0.1, 0.15) is 64.4 Å². The average Bonchev–Trinajstić information content (AvgIpc) is 3.47. The summed E-state index contributed by atoms with van der Waals surface area (Å²) in [5, 5.41) is 14.6. The van der Waals surface area contributed by atoms with E-state index in [1.807, 2.05) is 11.8 Å². The average molecular weight is 592 g/mol. The number of fused-ring (bicyclic) bond motifs is 1. The van der Waals surface area contributed by atoms with E-state index in [0.717, 1.165) is 25.0 Å². The molecule has 2 aliphatic heterocycles. The molecule has 2 heterocycles. The molecule has 226 valence electrons. The molecule has 0 aromatic heterocycles. The first-order valence-corrected chi connectivity index (χ1v) is 15.5. The van der Waals surface area contributed by atoms with Gasteiger partial charge in [-0.25, -0.2) is 9.18 Å². The largest absolute Gasteiger partial charge is 0.356 e. The molecule has 2 fully saturated rings. The number of rotatable bonds is 17. The maximum Gasteiger partial charge on any atom is 0.315 e. The Kier molecular flexibility index (Phi) is 12.9. The Hall–Kier alpha value is -3.15. The molecule has 10 nitrogen and oxygen atoms in total. The molecule has 1 aromatic carbocycles. The van der Waals surface area contributed by atoms with Gasteiger partial charge in [0.2, 0.25) is 17.7 Å².